The predicted molar refractivity (Wildman–Crippen MR) is 60.4 cm³/mol. The molecule has 2 rings (SSSR count). The van der Waals surface area contributed by atoms with Crippen LogP contribution in [0.1, 0.15) is 18.4 Å². The molecule has 17 heavy (non-hydrogen) atoms. The molecule has 1 aromatic carbocycles. The fraction of sp³-hybridized carbons (Fsp3) is 0.462. The van der Waals surface area contributed by atoms with E-state index in [2.05, 4.69) is 0 Å². The van der Waals surface area contributed by atoms with Crippen LogP contribution in [0, 0.1) is 17.6 Å². The Balaban J connectivity index is 2.00. The topological polar surface area (TPSA) is 20.3 Å². The minimum absolute atomic E-state index is 0.108. The first-order chi connectivity index (χ1) is 8.20. The van der Waals surface area contributed by atoms with Gasteiger partial charge in [-0.25, -0.2) is 8.78 Å². The van der Waals surface area contributed by atoms with Crippen LogP contribution in [-0.4, -0.2) is 24.3 Å². The lowest BCUT2D eigenvalue weighted by Crippen LogP contribution is -2.34. The van der Waals surface area contributed by atoms with Gasteiger partial charge in [-0.05, 0) is 38.1 Å². The van der Waals surface area contributed by atoms with E-state index in [0.717, 1.165) is 32.2 Å². The van der Waals surface area contributed by atoms with Crippen molar-refractivity contribution in [2.45, 2.75) is 19.4 Å². The minimum Gasteiger partial charge on any atom is -0.303 e. The summed E-state index contributed by atoms with van der Waals surface area (Å²) in [6, 6.07) is 3.92. The third-order valence-corrected chi connectivity index (χ3v) is 3.27. The number of carbonyl (C=O) groups is 1. The van der Waals surface area contributed by atoms with Crippen molar-refractivity contribution in [3.63, 3.8) is 0 Å². The molecule has 0 atom stereocenters. The van der Waals surface area contributed by atoms with Gasteiger partial charge in [0.2, 0.25) is 0 Å². The normalized spacial score (nSPS) is 18.2. The van der Waals surface area contributed by atoms with E-state index in [1.165, 1.54) is 18.2 Å². The third-order valence-electron chi connectivity index (χ3n) is 3.27. The Labute approximate surface area is 99.2 Å². The average molecular weight is 239 g/mol. The van der Waals surface area contributed by atoms with Crippen LogP contribution in [0.25, 0.3) is 0 Å². The highest BCUT2D eigenvalue weighted by molar-refractivity contribution is 5.53. The standard InChI is InChI=1S/C13H15F2NO/c14-12-2-1-3-13(15)11(12)8-16-6-4-10(9-17)5-7-16/h1-3,9-10H,4-8H2. The van der Waals surface area contributed by atoms with Crippen LogP contribution in [0.5, 0.6) is 0 Å². The van der Waals surface area contributed by atoms with Gasteiger partial charge in [-0.15, -0.1) is 0 Å². The maximum absolute atomic E-state index is 13.4. The second-order valence-corrected chi connectivity index (χ2v) is 4.45. The summed E-state index contributed by atoms with van der Waals surface area (Å²) >= 11 is 0. The monoisotopic (exact) mass is 239 g/mol. The third kappa shape index (κ3) is 2.88. The summed E-state index contributed by atoms with van der Waals surface area (Å²) in [5.41, 5.74) is 0.122. The zero-order valence-corrected chi connectivity index (χ0v) is 9.53. The smallest absolute Gasteiger partial charge is 0.130 e. The first-order valence-electron chi connectivity index (χ1n) is 5.81. The Morgan fingerprint density at radius 3 is 2.35 bits per heavy atom. The maximum Gasteiger partial charge on any atom is 0.130 e. The largest absolute Gasteiger partial charge is 0.303 e. The molecule has 1 aliphatic rings. The van der Waals surface area contributed by atoms with Crippen LogP contribution in [0.3, 0.4) is 0 Å². The number of hydrogen-bond donors (Lipinski definition) is 0. The summed E-state index contributed by atoms with van der Waals surface area (Å²) in [4.78, 5) is 12.6. The van der Waals surface area contributed by atoms with Crippen molar-refractivity contribution >= 4 is 6.29 Å². The van der Waals surface area contributed by atoms with Gasteiger partial charge in [0, 0.05) is 18.0 Å². The van der Waals surface area contributed by atoms with E-state index in [1.54, 1.807) is 0 Å². The lowest BCUT2D eigenvalue weighted by molar-refractivity contribution is -0.112. The van der Waals surface area contributed by atoms with Crippen LogP contribution < -0.4 is 0 Å². The molecular formula is C13H15F2NO. The van der Waals surface area contributed by atoms with Crippen molar-refractivity contribution in [1.82, 2.24) is 4.90 Å². The van der Waals surface area contributed by atoms with Gasteiger partial charge in [-0.1, -0.05) is 6.07 Å². The van der Waals surface area contributed by atoms with E-state index in [0.29, 0.717) is 0 Å². The summed E-state index contributed by atoms with van der Waals surface area (Å²) in [7, 11) is 0. The first kappa shape index (κ1) is 12.2. The number of halogens is 2. The second-order valence-electron chi connectivity index (χ2n) is 4.45. The highest BCUT2D eigenvalue weighted by atomic mass is 19.1. The number of piperidine rings is 1. The molecule has 0 aromatic heterocycles. The fourth-order valence-corrected chi connectivity index (χ4v) is 2.15. The molecule has 4 heteroatoms. The Kier molecular flexibility index (Phi) is 3.84. The van der Waals surface area contributed by atoms with Crippen molar-refractivity contribution in [2.24, 2.45) is 5.92 Å². The van der Waals surface area contributed by atoms with Gasteiger partial charge in [-0.2, -0.15) is 0 Å². The number of benzene rings is 1. The number of rotatable bonds is 3. The molecule has 0 saturated carbocycles. The molecule has 1 saturated heterocycles. The molecule has 1 heterocycles. The molecule has 1 aliphatic heterocycles. The van der Waals surface area contributed by atoms with Crippen LogP contribution in [0.4, 0.5) is 8.78 Å². The molecule has 0 radical (unpaired) electrons. The fourth-order valence-electron chi connectivity index (χ4n) is 2.15. The number of likely N-dealkylation sites (tertiary alicyclic amines) is 1. The highest BCUT2D eigenvalue weighted by Gasteiger charge is 2.20. The molecular weight excluding hydrogens is 224 g/mol. The lowest BCUT2D eigenvalue weighted by Gasteiger charge is -2.29. The van der Waals surface area contributed by atoms with E-state index in [4.69, 9.17) is 0 Å². The summed E-state index contributed by atoms with van der Waals surface area (Å²) in [5.74, 6) is -0.887. The van der Waals surface area contributed by atoms with Crippen molar-refractivity contribution in [3.8, 4) is 0 Å². The zero-order chi connectivity index (χ0) is 12.3. The SMILES string of the molecule is O=CC1CCN(Cc2c(F)cccc2F)CC1. The average Bonchev–Trinajstić information content (AvgIpc) is 2.35. The Morgan fingerprint density at radius 1 is 1.24 bits per heavy atom. The summed E-state index contributed by atoms with van der Waals surface area (Å²) in [6.45, 7) is 1.72. The zero-order valence-electron chi connectivity index (χ0n) is 9.53. The van der Waals surface area contributed by atoms with Gasteiger partial charge in [0.1, 0.15) is 17.9 Å². The quantitative estimate of drug-likeness (QED) is 0.755. The lowest BCUT2D eigenvalue weighted by atomic mass is 9.98. The number of carbonyl (C=O) groups excluding carboxylic acids is 1. The van der Waals surface area contributed by atoms with Crippen LogP contribution in [-0.2, 0) is 11.3 Å². The van der Waals surface area contributed by atoms with E-state index in [1.807, 2.05) is 4.90 Å². The number of hydrogen-bond acceptors (Lipinski definition) is 2. The Hall–Kier alpha value is -1.29. The van der Waals surface area contributed by atoms with Crippen LogP contribution >= 0.6 is 0 Å². The van der Waals surface area contributed by atoms with E-state index in [9.17, 15) is 13.6 Å². The molecule has 92 valence electrons. The Bertz CT molecular complexity index is 380. The maximum atomic E-state index is 13.4. The van der Waals surface area contributed by atoms with Crippen molar-refractivity contribution in [3.05, 3.63) is 35.4 Å². The summed E-state index contributed by atoms with van der Waals surface area (Å²) < 4.78 is 26.9. The minimum atomic E-state index is -0.498. The highest BCUT2D eigenvalue weighted by Crippen LogP contribution is 2.20. The summed E-state index contributed by atoms with van der Waals surface area (Å²) in [6.07, 6.45) is 2.53. The van der Waals surface area contributed by atoms with Gasteiger partial charge in [0.05, 0.1) is 0 Å². The Morgan fingerprint density at radius 2 is 1.82 bits per heavy atom. The van der Waals surface area contributed by atoms with Crippen molar-refractivity contribution in [1.29, 1.82) is 0 Å². The molecule has 0 bridgehead atoms. The number of aldehydes is 1. The van der Waals surface area contributed by atoms with Crippen LogP contribution in [0.15, 0.2) is 18.2 Å². The van der Waals surface area contributed by atoms with Crippen molar-refractivity contribution in [2.75, 3.05) is 13.1 Å². The summed E-state index contributed by atoms with van der Waals surface area (Å²) in [5, 5.41) is 0. The van der Waals surface area contributed by atoms with E-state index in [-0.39, 0.29) is 18.0 Å². The predicted octanol–water partition coefficient (Wildman–Crippen LogP) is 2.38. The molecule has 0 aliphatic carbocycles. The van der Waals surface area contributed by atoms with E-state index < -0.39 is 11.6 Å². The van der Waals surface area contributed by atoms with Gasteiger partial charge in [0.15, 0.2) is 0 Å². The first-order valence-corrected chi connectivity index (χ1v) is 5.81. The van der Waals surface area contributed by atoms with Crippen molar-refractivity contribution < 1.29 is 13.6 Å². The molecule has 2 nitrogen and oxygen atoms in total. The van der Waals surface area contributed by atoms with Gasteiger partial charge in [-0.3, -0.25) is 4.90 Å². The van der Waals surface area contributed by atoms with Gasteiger partial charge in [0.25, 0.3) is 0 Å². The molecule has 0 spiro atoms. The molecule has 0 amide bonds. The number of nitrogens with zero attached hydrogens (tertiary/aromatic N) is 1. The second kappa shape index (κ2) is 5.36. The molecule has 1 aromatic rings. The van der Waals surface area contributed by atoms with E-state index >= 15 is 0 Å². The van der Waals surface area contributed by atoms with Crippen LogP contribution in [0.2, 0.25) is 0 Å². The molecule has 0 unspecified atom stereocenters. The molecule has 0 N–H and O–H groups in total. The van der Waals surface area contributed by atoms with Gasteiger partial charge >= 0.3 is 0 Å². The van der Waals surface area contributed by atoms with Gasteiger partial charge < -0.3 is 4.79 Å². The molecule has 1 fully saturated rings.